The van der Waals surface area contributed by atoms with Crippen molar-refractivity contribution in [3.8, 4) is 0 Å². The van der Waals surface area contributed by atoms with Crippen LogP contribution in [0.2, 0.25) is 0 Å². The Hall–Kier alpha value is -0.380. The van der Waals surface area contributed by atoms with Crippen LogP contribution in [0.25, 0.3) is 0 Å². The van der Waals surface area contributed by atoms with Gasteiger partial charge in [0.05, 0.1) is 12.7 Å². The molecule has 0 aliphatic heterocycles. The van der Waals surface area contributed by atoms with E-state index in [9.17, 15) is 5.11 Å². The van der Waals surface area contributed by atoms with Crippen LogP contribution in [0.4, 0.5) is 0 Å². The van der Waals surface area contributed by atoms with Crippen LogP contribution in [0.15, 0.2) is 12.2 Å². The normalized spacial score (nSPS) is 13.6. The molecular weight excluding hydrogens is 178 g/mol. The topological polar surface area (TPSA) is 52.5 Å². The number of aliphatic hydroxyl groups excluding tert-OH is 2. The molecule has 3 heteroatoms. The molecule has 0 heterocycles. The highest BCUT2D eigenvalue weighted by Crippen LogP contribution is 1.98. The third kappa shape index (κ3) is 9.71. The number of unbranched alkanes of at least 4 members (excludes halogenated alkanes) is 1. The van der Waals surface area contributed by atoms with Gasteiger partial charge in [0.25, 0.3) is 0 Å². The van der Waals surface area contributed by atoms with Crippen LogP contribution in [0.1, 0.15) is 32.6 Å². The molecule has 1 atom stereocenters. The molecule has 3 nitrogen and oxygen atoms in total. The number of allylic oxidation sites excluding steroid dienone is 2. The molecule has 0 saturated carbocycles. The summed E-state index contributed by atoms with van der Waals surface area (Å²) in [5, 5.41) is 20.9. The van der Waals surface area contributed by atoms with Crippen LogP contribution in [0.5, 0.6) is 0 Å². The van der Waals surface area contributed by atoms with Gasteiger partial charge >= 0.3 is 0 Å². The first-order valence-electron chi connectivity index (χ1n) is 5.45. The maximum atomic E-state index is 9.45. The van der Waals surface area contributed by atoms with Gasteiger partial charge in [-0.05, 0) is 19.3 Å². The molecule has 0 aliphatic rings. The van der Waals surface area contributed by atoms with E-state index in [1.807, 2.05) is 0 Å². The Bertz CT molecular complexity index is 137. The second-order valence-corrected chi connectivity index (χ2v) is 3.42. The Morgan fingerprint density at radius 3 is 2.64 bits per heavy atom. The number of hydrogen-bond donors (Lipinski definition) is 3. The van der Waals surface area contributed by atoms with Gasteiger partial charge in [-0.3, -0.25) is 0 Å². The average molecular weight is 201 g/mol. The summed E-state index contributed by atoms with van der Waals surface area (Å²) in [5.41, 5.74) is 0. The molecule has 84 valence electrons. The van der Waals surface area contributed by atoms with Gasteiger partial charge in [-0.15, -0.1) is 0 Å². The zero-order valence-corrected chi connectivity index (χ0v) is 9.08. The van der Waals surface area contributed by atoms with Gasteiger partial charge in [0.2, 0.25) is 0 Å². The number of rotatable bonds is 9. The highest BCUT2D eigenvalue weighted by atomic mass is 16.3. The lowest BCUT2D eigenvalue weighted by Gasteiger charge is -2.09. The van der Waals surface area contributed by atoms with Gasteiger partial charge in [-0.1, -0.05) is 25.5 Å². The van der Waals surface area contributed by atoms with E-state index in [4.69, 9.17) is 5.11 Å². The maximum absolute atomic E-state index is 9.45. The number of aliphatic hydroxyl groups is 2. The lowest BCUT2D eigenvalue weighted by atomic mass is 10.2. The Morgan fingerprint density at radius 1 is 1.29 bits per heavy atom. The third-order valence-electron chi connectivity index (χ3n) is 1.96. The molecule has 0 aliphatic carbocycles. The number of nitrogens with one attached hydrogen (secondary N) is 1. The molecule has 0 saturated heterocycles. The molecule has 0 rings (SSSR count). The quantitative estimate of drug-likeness (QED) is 0.386. The highest BCUT2D eigenvalue weighted by Gasteiger charge is 2.00. The van der Waals surface area contributed by atoms with Crippen molar-refractivity contribution in [3.63, 3.8) is 0 Å². The molecule has 3 N–H and O–H groups in total. The summed E-state index contributed by atoms with van der Waals surface area (Å²) in [6, 6.07) is 0. The van der Waals surface area contributed by atoms with Gasteiger partial charge in [0.15, 0.2) is 0 Å². The van der Waals surface area contributed by atoms with E-state index in [-0.39, 0.29) is 12.7 Å². The Morgan fingerprint density at radius 2 is 2.00 bits per heavy atom. The summed E-state index contributed by atoms with van der Waals surface area (Å²) in [6.07, 6.45) is 8.01. The molecule has 1 unspecified atom stereocenters. The van der Waals surface area contributed by atoms with Crippen molar-refractivity contribution in [3.05, 3.63) is 12.2 Å². The summed E-state index contributed by atoms with van der Waals surface area (Å²) in [6.45, 7) is 3.41. The lowest BCUT2D eigenvalue weighted by Crippen LogP contribution is -2.28. The summed E-state index contributed by atoms with van der Waals surface area (Å²) in [4.78, 5) is 0. The Balaban J connectivity index is 3.21. The third-order valence-corrected chi connectivity index (χ3v) is 1.96. The molecule has 0 aromatic carbocycles. The average Bonchev–Trinajstić information content (AvgIpc) is 2.18. The van der Waals surface area contributed by atoms with Crippen LogP contribution >= 0.6 is 0 Å². The first-order chi connectivity index (χ1) is 6.81. The maximum Gasteiger partial charge on any atom is 0.0667 e. The van der Waals surface area contributed by atoms with E-state index in [0.29, 0.717) is 13.1 Å². The fraction of sp³-hybridized carbons (Fsp3) is 0.818. The zero-order chi connectivity index (χ0) is 10.6. The van der Waals surface area contributed by atoms with E-state index >= 15 is 0 Å². The predicted molar refractivity (Wildman–Crippen MR) is 59.2 cm³/mol. The van der Waals surface area contributed by atoms with Crippen LogP contribution in [0.3, 0.4) is 0 Å². The molecular formula is C11H23NO2. The van der Waals surface area contributed by atoms with Gasteiger partial charge < -0.3 is 15.5 Å². The van der Waals surface area contributed by atoms with Crippen LogP contribution in [-0.4, -0.2) is 36.0 Å². The molecule has 0 bridgehead atoms. The SMILES string of the molecule is CCC/C=C/CCC(O)CNCCO. The molecule has 0 spiro atoms. The molecule has 0 amide bonds. The fourth-order valence-electron chi connectivity index (χ4n) is 1.14. The van der Waals surface area contributed by atoms with Crippen molar-refractivity contribution >= 4 is 0 Å². The van der Waals surface area contributed by atoms with E-state index in [1.165, 1.54) is 6.42 Å². The van der Waals surface area contributed by atoms with Gasteiger partial charge in [-0.2, -0.15) is 0 Å². The van der Waals surface area contributed by atoms with Crippen LogP contribution in [0, 0.1) is 0 Å². The van der Waals surface area contributed by atoms with Gasteiger partial charge in [-0.25, -0.2) is 0 Å². The second-order valence-electron chi connectivity index (χ2n) is 3.42. The van der Waals surface area contributed by atoms with E-state index < -0.39 is 0 Å². The largest absolute Gasteiger partial charge is 0.395 e. The fourth-order valence-corrected chi connectivity index (χ4v) is 1.14. The smallest absolute Gasteiger partial charge is 0.0667 e. The summed E-state index contributed by atoms with van der Waals surface area (Å²) >= 11 is 0. The van der Waals surface area contributed by atoms with Crippen LogP contribution < -0.4 is 5.32 Å². The van der Waals surface area contributed by atoms with Crippen LogP contribution in [-0.2, 0) is 0 Å². The first-order valence-corrected chi connectivity index (χ1v) is 5.45. The van der Waals surface area contributed by atoms with Crippen molar-refractivity contribution in [2.75, 3.05) is 19.7 Å². The van der Waals surface area contributed by atoms with E-state index in [2.05, 4.69) is 24.4 Å². The standard InChI is InChI=1S/C11H23NO2/c1-2-3-4-5-6-7-11(14)10-12-8-9-13/h4-5,11-14H,2-3,6-10H2,1H3/b5-4+. The van der Waals surface area contributed by atoms with E-state index in [1.54, 1.807) is 0 Å². The van der Waals surface area contributed by atoms with Crippen molar-refractivity contribution in [2.45, 2.75) is 38.7 Å². The number of hydrogen-bond acceptors (Lipinski definition) is 3. The summed E-state index contributed by atoms with van der Waals surface area (Å²) in [7, 11) is 0. The minimum absolute atomic E-state index is 0.128. The van der Waals surface area contributed by atoms with Gasteiger partial charge in [0.1, 0.15) is 0 Å². The van der Waals surface area contributed by atoms with Crippen molar-refractivity contribution in [1.29, 1.82) is 0 Å². The molecule has 0 aromatic rings. The minimum Gasteiger partial charge on any atom is -0.395 e. The van der Waals surface area contributed by atoms with Gasteiger partial charge in [0, 0.05) is 13.1 Å². The Kier molecular flexibility index (Phi) is 10.4. The lowest BCUT2D eigenvalue weighted by molar-refractivity contribution is 0.159. The molecule has 0 radical (unpaired) electrons. The van der Waals surface area contributed by atoms with Crippen molar-refractivity contribution in [1.82, 2.24) is 5.32 Å². The van der Waals surface area contributed by atoms with Crippen molar-refractivity contribution in [2.24, 2.45) is 0 Å². The Labute approximate surface area is 86.8 Å². The highest BCUT2D eigenvalue weighted by molar-refractivity contribution is 4.82. The molecule has 14 heavy (non-hydrogen) atoms. The minimum atomic E-state index is -0.298. The molecule has 0 aromatic heterocycles. The predicted octanol–water partition coefficient (Wildman–Crippen LogP) is 1.07. The zero-order valence-electron chi connectivity index (χ0n) is 9.08. The second kappa shape index (κ2) is 10.7. The summed E-state index contributed by atoms with van der Waals surface area (Å²) < 4.78 is 0. The monoisotopic (exact) mass is 201 g/mol. The summed E-state index contributed by atoms with van der Waals surface area (Å²) in [5.74, 6) is 0. The first kappa shape index (κ1) is 13.6. The van der Waals surface area contributed by atoms with Crippen molar-refractivity contribution < 1.29 is 10.2 Å². The molecule has 0 fully saturated rings. The van der Waals surface area contributed by atoms with E-state index in [0.717, 1.165) is 19.3 Å².